The Balaban J connectivity index is 3.43. The van der Waals surface area contributed by atoms with E-state index in [4.69, 9.17) is 10.5 Å². The smallest absolute Gasteiger partial charge is 0.341 e. The lowest BCUT2D eigenvalue weighted by Crippen LogP contribution is -2.29. The molecule has 0 aliphatic carbocycles. The quantitative estimate of drug-likeness (QED) is 0.779. The van der Waals surface area contributed by atoms with Gasteiger partial charge in [-0.2, -0.15) is 0 Å². The number of phenols is 1. The first kappa shape index (κ1) is 13.3. The lowest BCUT2D eigenvalue weighted by Gasteiger charge is -2.22. The van der Waals surface area contributed by atoms with Crippen molar-refractivity contribution in [2.24, 2.45) is 5.73 Å². The molecule has 0 amide bonds. The van der Waals surface area contributed by atoms with Crippen molar-refractivity contribution in [1.82, 2.24) is 0 Å². The molecule has 3 N–H and O–H groups in total. The van der Waals surface area contributed by atoms with E-state index in [2.05, 4.69) is 4.74 Å². The van der Waals surface area contributed by atoms with E-state index in [1.807, 2.05) is 0 Å². The summed E-state index contributed by atoms with van der Waals surface area (Å²) in [5, 5.41) is 9.82. The first-order chi connectivity index (χ1) is 7.81. The van der Waals surface area contributed by atoms with Crippen molar-refractivity contribution in [3.05, 3.63) is 23.3 Å². The van der Waals surface area contributed by atoms with E-state index in [0.29, 0.717) is 5.56 Å². The van der Waals surface area contributed by atoms with Gasteiger partial charge in [0, 0.05) is 17.2 Å². The molecule has 1 aromatic rings. The normalized spacial score (nSPS) is 11.1. The highest BCUT2D eigenvalue weighted by molar-refractivity contribution is 5.93. The zero-order chi connectivity index (χ0) is 13.2. The SMILES string of the molecule is COC(=O)c1cc(C(C)(C)N)c(O)cc1OC. The highest BCUT2D eigenvalue weighted by Gasteiger charge is 2.24. The topological polar surface area (TPSA) is 81.8 Å². The Morgan fingerprint density at radius 3 is 2.35 bits per heavy atom. The number of hydrogen-bond donors (Lipinski definition) is 2. The number of rotatable bonds is 3. The van der Waals surface area contributed by atoms with Crippen LogP contribution >= 0.6 is 0 Å². The molecule has 94 valence electrons. The zero-order valence-corrected chi connectivity index (χ0v) is 10.4. The lowest BCUT2D eigenvalue weighted by atomic mass is 9.92. The average molecular weight is 239 g/mol. The van der Waals surface area contributed by atoms with Gasteiger partial charge < -0.3 is 20.3 Å². The Morgan fingerprint density at radius 1 is 1.35 bits per heavy atom. The standard InChI is InChI=1S/C12H17NO4/c1-12(2,13)8-5-7(11(15)17-4)10(16-3)6-9(8)14/h5-6,14H,13H2,1-4H3. The summed E-state index contributed by atoms with van der Waals surface area (Å²) < 4.78 is 9.66. The molecule has 0 saturated carbocycles. The van der Waals surface area contributed by atoms with E-state index in [1.165, 1.54) is 26.4 Å². The van der Waals surface area contributed by atoms with Crippen LogP contribution < -0.4 is 10.5 Å². The minimum absolute atomic E-state index is 0.0120. The number of ether oxygens (including phenoxy) is 2. The van der Waals surface area contributed by atoms with Gasteiger partial charge in [-0.25, -0.2) is 4.79 Å². The Bertz CT molecular complexity index is 435. The zero-order valence-electron chi connectivity index (χ0n) is 10.4. The van der Waals surface area contributed by atoms with E-state index in [0.717, 1.165) is 0 Å². The number of methoxy groups -OCH3 is 2. The molecule has 0 radical (unpaired) electrons. The fraction of sp³-hybridized carbons (Fsp3) is 0.417. The summed E-state index contributed by atoms with van der Waals surface area (Å²) >= 11 is 0. The average Bonchev–Trinajstić information content (AvgIpc) is 2.25. The maximum atomic E-state index is 11.6. The number of carbonyl (C=O) groups is 1. The van der Waals surface area contributed by atoms with Gasteiger partial charge in [-0.05, 0) is 19.9 Å². The number of benzene rings is 1. The molecule has 1 rings (SSSR count). The number of phenolic OH excluding ortho intramolecular Hbond substituents is 1. The summed E-state index contributed by atoms with van der Waals surface area (Å²) in [5.74, 6) is -0.295. The van der Waals surface area contributed by atoms with Gasteiger partial charge in [-0.1, -0.05) is 0 Å². The molecule has 0 saturated heterocycles. The summed E-state index contributed by atoms with van der Waals surface area (Å²) in [6.45, 7) is 3.46. The highest BCUT2D eigenvalue weighted by atomic mass is 16.5. The molecule has 0 heterocycles. The molecule has 0 aromatic heterocycles. The Hall–Kier alpha value is -1.75. The van der Waals surface area contributed by atoms with Gasteiger partial charge in [-0.3, -0.25) is 0 Å². The number of esters is 1. The minimum atomic E-state index is -0.765. The molecule has 5 nitrogen and oxygen atoms in total. The van der Waals surface area contributed by atoms with Crippen LogP contribution in [-0.2, 0) is 10.3 Å². The second-order valence-corrected chi connectivity index (χ2v) is 4.28. The second-order valence-electron chi connectivity index (χ2n) is 4.28. The van der Waals surface area contributed by atoms with Gasteiger partial charge in [0.15, 0.2) is 0 Å². The van der Waals surface area contributed by atoms with Crippen LogP contribution in [0.4, 0.5) is 0 Å². The van der Waals surface area contributed by atoms with Crippen LogP contribution in [0.5, 0.6) is 11.5 Å². The maximum absolute atomic E-state index is 11.6. The molecule has 0 aliphatic rings. The molecular formula is C12H17NO4. The summed E-state index contributed by atoms with van der Waals surface area (Å²) in [6.07, 6.45) is 0. The van der Waals surface area contributed by atoms with E-state index in [-0.39, 0.29) is 17.1 Å². The number of nitrogens with two attached hydrogens (primary N) is 1. The summed E-state index contributed by atoms with van der Waals surface area (Å²) in [4.78, 5) is 11.6. The van der Waals surface area contributed by atoms with Crippen LogP contribution in [0, 0.1) is 0 Å². The van der Waals surface area contributed by atoms with Gasteiger partial charge in [0.1, 0.15) is 17.1 Å². The molecule has 0 atom stereocenters. The third-order valence-electron chi connectivity index (χ3n) is 2.42. The number of carbonyl (C=O) groups excluding carboxylic acids is 1. The Kier molecular flexibility index (Phi) is 3.63. The van der Waals surface area contributed by atoms with Crippen molar-refractivity contribution in [2.75, 3.05) is 14.2 Å². The predicted molar refractivity (Wildman–Crippen MR) is 63.2 cm³/mol. The van der Waals surface area contributed by atoms with Crippen molar-refractivity contribution in [3.8, 4) is 11.5 Å². The fourth-order valence-corrected chi connectivity index (χ4v) is 1.52. The first-order valence-electron chi connectivity index (χ1n) is 5.10. The van der Waals surface area contributed by atoms with Crippen LogP contribution in [0.2, 0.25) is 0 Å². The molecule has 17 heavy (non-hydrogen) atoms. The highest BCUT2D eigenvalue weighted by Crippen LogP contribution is 2.33. The van der Waals surface area contributed by atoms with Gasteiger partial charge >= 0.3 is 5.97 Å². The third kappa shape index (κ3) is 2.68. The molecular weight excluding hydrogens is 222 g/mol. The van der Waals surface area contributed by atoms with E-state index in [1.54, 1.807) is 13.8 Å². The van der Waals surface area contributed by atoms with E-state index < -0.39 is 11.5 Å². The van der Waals surface area contributed by atoms with Crippen LogP contribution in [0.15, 0.2) is 12.1 Å². The minimum Gasteiger partial charge on any atom is -0.507 e. The maximum Gasteiger partial charge on any atom is 0.341 e. The van der Waals surface area contributed by atoms with Crippen LogP contribution in [-0.4, -0.2) is 25.3 Å². The molecule has 0 bridgehead atoms. The summed E-state index contributed by atoms with van der Waals surface area (Å²) in [6, 6.07) is 2.84. The molecule has 0 fully saturated rings. The molecule has 5 heteroatoms. The first-order valence-corrected chi connectivity index (χ1v) is 5.10. The third-order valence-corrected chi connectivity index (χ3v) is 2.42. The predicted octanol–water partition coefficient (Wildman–Crippen LogP) is 1.38. The summed E-state index contributed by atoms with van der Waals surface area (Å²) in [7, 11) is 2.69. The number of aromatic hydroxyl groups is 1. The van der Waals surface area contributed by atoms with Crippen LogP contribution in [0.3, 0.4) is 0 Å². The lowest BCUT2D eigenvalue weighted by molar-refractivity contribution is 0.0597. The van der Waals surface area contributed by atoms with Gasteiger partial charge in [0.05, 0.1) is 14.2 Å². The van der Waals surface area contributed by atoms with Gasteiger partial charge in [0.2, 0.25) is 0 Å². The van der Waals surface area contributed by atoms with Gasteiger partial charge in [0.25, 0.3) is 0 Å². The van der Waals surface area contributed by atoms with E-state index in [9.17, 15) is 9.90 Å². The Labute approximate surface area is 100 Å². The van der Waals surface area contributed by atoms with Crippen molar-refractivity contribution >= 4 is 5.97 Å². The Morgan fingerprint density at radius 2 is 1.94 bits per heavy atom. The monoisotopic (exact) mass is 239 g/mol. The van der Waals surface area contributed by atoms with E-state index >= 15 is 0 Å². The molecule has 0 aliphatic heterocycles. The second kappa shape index (κ2) is 4.63. The van der Waals surface area contributed by atoms with Crippen molar-refractivity contribution in [3.63, 3.8) is 0 Å². The van der Waals surface area contributed by atoms with Crippen LogP contribution in [0.25, 0.3) is 0 Å². The van der Waals surface area contributed by atoms with Crippen LogP contribution in [0.1, 0.15) is 29.8 Å². The van der Waals surface area contributed by atoms with Crippen molar-refractivity contribution < 1.29 is 19.4 Å². The van der Waals surface area contributed by atoms with Crippen molar-refractivity contribution in [2.45, 2.75) is 19.4 Å². The summed E-state index contributed by atoms with van der Waals surface area (Å²) in [5.41, 5.74) is 5.84. The largest absolute Gasteiger partial charge is 0.507 e. The molecule has 0 spiro atoms. The number of hydrogen-bond acceptors (Lipinski definition) is 5. The fourth-order valence-electron chi connectivity index (χ4n) is 1.52. The molecule has 1 aromatic carbocycles. The van der Waals surface area contributed by atoms with Gasteiger partial charge in [-0.15, -0.1) is 0 Å². The van der Waals surface area contributed by atoms with Crippen molar-refractivity contribution in [1.29, 1.82) is 0 Å². The molecule has 0 unspecified atom stereocenters.